The van der Waals surface area contributed by atoms with E-state index in [4.69, 9.17) is 16.9 Å². The third-order valence-corrected chi connectivity index (χ3v) is 1.59. The minimum Gasteiger partial charge on any atom is -0.406 e. The molecule has 0 aromatic heterocycles. The molecule has 1 aromatic rings. The topological polar surface area (TPSA) is 52.3 Å². The number of anilines is 1. The van der Waals surface area contributed by atoms with E-state index in [2.05, 4.69) is 0 Å². The summed E-state index contributed by atoms with van der Waals surface area (Å²) >= 11 is 0. The average Bonchev–Trinajstić information content (AvgIpc) is 2.08. The SMILES string of the molecule is C#COc1ccc(C(C)=O)cc1N. The molecule has 66 valence electrons. The van der Waals surface area contributed by atoms with Gasteiger partial charge in [-0.3, -0.25) is 4.79 Å². The molecule has 0 heterocycles. The summed E-state index contributed by atoms with van der Waals surface area (Å²) in [4.78, 5) is 10.9. The van der Waals surface area contributed by atoms with E-state index in [1.54, 1.807) is 12.1 Å². The van der Waals surface area contributed by atoms with Gasteiger partial charge in [-0.25, -0.2) is 0 Å². The average molecular weight is 175 g/mol. The standard InChI is InChI=1S/C10H9NO2/c1-3-13-10-5-4-8(7(2)12)6-9(10)11/h1,4-6H,11H2,2H3. The quantitative estimate of drug-likeness (QED) is 0.420. The number of terminal acetylenes is 1. The maximum absolute atomic E-state index is 10.9. The minimum atomic E-state index is -0.0426. The van der Waals surface area contributed by atoms with Gasteiger partial charge in [-0.05, 0) is 25.1 Å². The Balaban J connectivity index is 3.07. The summed E-state index contributed by atoms with van der Waals surface area (Å²) < 4.78 is 4.76. The molecule has 3 nitrogen and oxygen atoms in total. The van der Waals surface area contributed by atoms with Gasteiger partial charge in [-0.2, -0.15) is 0 Å². The van der Waals surface area contributed by atoms with Crippen LogP contribution in [-0.4, -0.2) is 5.78 Å². The van der Waals surface area contributed by atoms with E-state index >= 15 is 0 Å². The predicted octanol–water partition coefficient (Wildman–Crippen LogP) is 1.44. The van der Waals surface area contributed by atoms with Crippen molar-refractivity contribution in [3.63, 3.8) is 0 Å². The second-order valence-electron chi connectivity index (χ2n) is 2.53. The number of Topliss-reactive ketones (excluding diaryl/α,β-unsaturated/α-hetero) is 1. The number of carbonyl (C=O) groups is 1. The van der Waals surface area contributed by atoms with E-state index in [1.165, 1.54) is 13.0 Å². The number of carbonyl (C=O) groups excluding carboxylic acids is 1. The van der Waals surface area contributed by atoms with Gasteiger partial charge in [-0.15, -0.1) is 0 Å². The fraction of sp³-hybridized carbons (Fsp3) is 0.100. The van der Waals surface area contributed by atoms with Gasteiger partial charge in [-0.1, -0.05) is 6.42 Å². The third-order valence-electron chi connectivity index (χ3n) is 1.59. The van der Waals surface area contributed by atoms with Crippen molar-refractivity contribution in [1.82, 2.24) is 0 Å². The molecule has 13 heavy (non-hydrogen) atoms. The summed E-state index contributed by atoms with van der Waals surface area (Å²) in [6.07, 6.45) is 6.94. The first kappa shape index (κ1) is 9.14. The fourth-order valence-electron chi connectivity index (χ4n) is 0.924. The molecular weight excluding hydrogens is 166 g/mol. The molecule has 0 aliphatic heterocycles. The summed E-state index contributed by atoms with van der Waals surface area (Å²) in [5.41, 5.74) is 6.48. The Morgan fingerprint density at radius 3 is 2.77 bits per heavy atom. The molecule has 1 aromatic carbocycles. The van der Waals surface area contributed by atoms with E-state index < -0.39 is 0 Å². The molecule has 2 N–H and O–H groups in total. The Kier molecular flexibility index (Phi) is 2.56. The molecule has 0 aliphatic rings. The number of nitrogen functional groups attached to an aromatic ring is 1. The van der Waals surface area contributed by atoms with Crippen LogP contribution in [0.2, 0.25) is 0 Å². The van der Waals surface area contributed by atoms with Gasteiger partial charge in [0.2, 0.25) is 0 Å². The molecule has 0 bridgehead atoms. The van der Waals surface area contributed by atoms with Crippen molar-refractivity contribution in [2.75, 3.05) is 5.73 Å². The van der Waals surface area contributed by atoms with Crippen LogP contribution in [0, 0.1) is 12.5 Å². The lowest BCUT2D eigenvalue weighted by Crippen LogP contribution is -1.97. The number of hydrogen-bond donors (Lipinski definition) is 1. The minimum absolute atomic E-state index is 0.0426. The van der Waals surface area contributed by atoms with E-state index in [-0.39, 0.29) is 5.78 Å². The molecule has 0 spiro atoms. The summed E-state index contributed by atoms with van der Waals surface area (Å²) in [6.45, 7) is 1.47. The van der Waals surface area contributed by atoms with Crippen molar-refractivity contribution in [3.8, 4) is 18.3 Å². The summed E-state index contributed by atoms with van der Waals surface area (Å²) in [6, 6.07) is 4.73. The highest BCUT2D eigenvalue weighted by atomic mass is 16.5. The van der Waals surface area contributed by atoms with Gasteiger partial charge in [0.1, 0.15) is 6.11 Å². The first-order valence-corrected chi connectivity index (χ1v) is 3.68. The van der Waals surface area contributed by atoms with Crippen molar-refractivity contribution in [2.24, 2.45) is 0 Å². The van der Waals surface area contributed by atoms with Crippen LogP contribution >= 0.6 is 0 Å². The van der Waals surface area contributed by atoms with E-state index in [0.29, 0.717) is 17.0 Å². The lowest BCUT2D eigenvalue weighted by molar-refractivity contribution is 0.101. The predicted molar refractivity (Wildman–Crippen MR) is 50.3 cm³/mol. The molecule has 0 radical (unpaired) electrons. The largest absolute Gasteiger partial charge is 0.406 e. The van der Waals surface area contributed by atoms with Crippen LogP contribution in [0.4, 0.5) is 5.69 Å². The zero-order valence-corrected chi connectivity index (χ0v) is 7.20. The molecule has 0 saturated carbocycles. The zero-order chi connectivity index (χ0) is 9.84. The molecular formula is C10H9NO2. The van der Waals surface area contributed by atoms with Crippen LogP contribution in [-0.2, 0) is 0 Å². The number of nitrogens with two attached hydrogens (primary N) is 1. The van der Waals surface area contributed by atoms with Gasteiger partial charge < -0.3 is 10.5 Å². The number of rotatable bonds is 2. The lowest BCUT2D eigenvalue weighted by Gasteiger charge is -2.03. The number of ketones is 1. The van der Waals surface area contributed by atoms with Crippen molar-refractivity contribution < 1.29 is 9.53 Å². The van der Waals surface area contributed by atoms with Crippen LogP contribution in [0.3, 0.4) is 0 Å². The molecule has 0 atom stereocenters. The Morgan fingerprint density at radius 2 is 2.31 bits per heavy atom. The van der Waals surface area contributed by atoms with E-state index in [0.717, 1.165) is 0 Å². The first-order chi connectivity index (χ1) is 6.15. The molecule has 3 heteroatoms. The van der Waals surface area contributed by atoms with E-state index in [9.17, 15) is 4.79 Å². The maximum atomic E-state index is 10.9. The summed E-state index contributed by atoms with van der Waals surface area (Å²) in [7, 11) is 0. The Morgan fingerprint density at radius 1 is 1.62 bits per heavy atom. The van der Waals surface area contributed by atoms with Gasteiger partial charge >= 0.3 is 0 Å². The fourth-order valence-corrected chi connectivity index (χ4v) is 0.924. The number of hydrogen-bond acceptors (Lipinski definition) is 3. The van der Waals surface area contributed by atoms with Crippen LogP contribution in [0.15, 0.2) is 18.2 Å². The van der Waals surface area contributed by atoms with Crippen molar-refractivity contribution in [1.29, 1.82) is 0 Å². The number of benzene rings is 1. The van der Waals surface area contributed by atoms with Crippen molar-refractivity contribution >= 4 is 11.5 Å². The maximum Gasteiger partial charge on any atom is 0.163 e. The van der Waals surface area contributed by atoms with Crippen LogP contribution in [0.25, 0.3) is 0 Å². The highest BCUT2D eigenvalue weighted by Crippen LogP contribution is 2.22. The van der Waals surface area contributed by atoms with Gasteiger partial charge in [0.25, 0.3) is 0 Å². The Hall–Kier alpha value is -1.95. The van der Waals surface area contributed by atoms with Crippen LogP contribution in [0.1, 0.15) is 17.3 Å². The van der Waals surface area contributed by atoms with Crippen molar-refractivity contribution in [2.45, 2.75) is 6.92 Å². The van der Waals surface area contributed by atoms with Crippen molar-refractivity contribution in [3.05, 3.63) is 23.8 Å². The molecule has 0 amide bonds. The zero-order valence-electron chi connectivity index (χ0n) is 7.20. The molecule has 0 aliphatic carbocycles. The smallest absolute Gasteiger partial charge is 0.163 e. The highest BCUT2D eigenvalue weighted by Gasteiger charge is 2.03. The molecule has 0 fully saturated rings. The second kappa shape index (κ2) is 3.63. The Bertz CT molecular complexity index is 377. The molecule has 1 rings (SSSR count). The van der Waals surface area contributed by atoms with Gasteiger partial charge in [0.15, 0.2) is 11.5 Å². The first-order valence-electron chi connectivity index (χ1n) is 3.68. The normalized spacial score (nSPS) is 8.92. The third kappa shape index (κ3) is 2.00. The molecule has 0 saturated heterocycles. The van der Waals surface area contributed by atoms with Gasteiger partial charge in [0.05, 0.1) is 5.69 Å². The summed E-state index contributed by atoms with van der Waals surface area (Å²) in [5, 5.41) is 0. The van der Waals surface area contributed by atoms with Crippen LogP contribution in [0.5, 0.6) is 5.75 Å². The van der Waals surface area contributed by atoms with Gasteiger partial charge in [0, 0.05) is 5.56 Å². The molecule has 0 unspecified atom stereocenters. The monoisotopic (exact) mass is 175 g/mol. The van der Waals surface area contributed by atoms with Crippen LogP contribution < -0.4 is 10.5 Å². The van der Waals surface area contributed by atoms with E-state index in [1.807, 2.05) is 6.11 Å². The lowest BCUT2D eigenvalue weighted by atomic mass is 10.1. The number of ether oxygens (including phenoxy) is 1. The highest BCUT2D eigenvalue weighted by molar-refractivity contribution is 5.95. The Labute approximate surface area is 76.5 Å². The summed E-state index contributed by atoms with van der Waals surface area (Å²) in [5.74, 6) is 0.353. The second-order valence-corrected chi connectivity index (χ2v) is 2.53.